The first-order valence-electron chi connectivity index (χ1n) is 4.00. The normalized spacial score (nSPS) is 12.3. The molecule has 0 atom stereocenters. The summed E-state index contributed by atoms with van der Waals surface area (Å²) in [7, 11) is 0. The zero-order valence-corrected chi connectivity index (χ0v) is 7.34. The molecule has 0 saturated heterocycles. The lowest BCUT2D eigenvalue weighted by molar-refractivity contribution is -0.141. The van der Waals surface area contributed by atoms with Crippen molar-refractivity contribution in [1.29, 1.82) is 0 Å². The van der Waals surface area contributed by atoms with Crippen molar-refractivity contribution in [1.82, 2.24) is 9.38 Å². The molecule has 0 unspecified atom stereocenters. The summed E-state index contributed by atoms with van der Waals surface area (Å²) in [5.41, 5.74) is 0.332. The van der Waals surface area contributed by atoms with Crippen molar-refractivity contribution in [2.45, 2.75) is 13.1 Å². The van der Waals surface area contributed by atoms with Crippen molar-refractivity contribution in [3.63, 3.8) is 0 Å². The van der Waals surface area contributed by atoms with Gasteiger partial charge in [-0.2, -0.15) is 13.2 Å². The summed E-state index contributed by atoms with van der Waals surface area (Å²) in [5.74, 6) is 0. The average molecular weight is 200 g/mol. The Morgan fingerprint density at radius 2 is 2.07 bits per heavy atom. The second-order valence-corrected chi connectivity index (χ2v) is 3.03. The van der Waals surface area contributed by atoms with Crippen LogP contribution < -0.4 is 0 Å². The summed E-state index contributed by atoms with van der Waals surface area (Å²) < 4.78 is 38.3. The Bertz CT molecular complexity index is 470. The Balaban J connectivity index is 2.76. The third-order valence-electron chi connectivity index (χ3n) is 2.02. The first-order chi connectivity index (χ1) is 6.50. The molecule has 0 spiro atoms. The monoisotopic (exact) mass is 200 g/mol. The molecule has 2 heterocycles. The highest BCUT2D eigenvalue weighted by Gasteiger charge is 2.34. The fourth-order valence-electron chi connectivity index (χ4n) is 1.36. The Hall–Kier alpha value is -1.52. The van der Waals surface area contributed by atoms with Gasteiger partial charge in [-0.1, -0.05) is 6.07 Å². The molecule has 0 fully saturated rings. The zero-order valence-electron chi connectivity index (χ0n) is 7.34. The number of hydrogen-bond acceptors (Lipinski definition) is 1. The number of fused-ring (bicyclic) bond motifs is 1. The number of imidazole rings is 1. The second-order valence-electron chi connectivity index (χ2n) is 3.03. The molecular formula is C9H7F3N2. The maximum Gasteiger partial charge on any atom is 0.433 e. The van der Waals surface area contributed by atoms with Gasteiger partial charge in [0.15, 0.2) is 0 Å². The van der Waals surface area contributed by atoms with Crippen molar-refractivity contribution < 1.29 is 13.2 Å². The van der Waals surface area contributed by atoms with Crippen LogP contribution in [0.4, 0.5) is 13.2 Å². The van der Waals surface area contributed by atoms with Crippen LogP contribution in [-0.4, -0.2) is 9.38 Å². The van der Waals surface area contributed by atoms with Gasteiger partial charge in [-0.3, -0.25) is 4.40 Å². The summed E-state index contributed by atoms with van der Waals surface area (Å²) in [6.45, 7) is 1.72. The predicted octanol–water partition coefficient (Wildman–Crippen LogP) is 2.66. The quantitative estimate of drug-likeness (QED) is 0.639. The highest BCUT2D eigenvalue weighted by atomic mass is 19.4. The molecule has 2 aromatic heterocycles. The van der Waals surface area contributed by atoms with E-state index in [1.807, 2.05) is 0 Å². The van der Waals surface area contributed by atoms with Crippen LogP contribution in [0, 0.1) is 6.92 Å². The van der Waals surface area contributed by atoms with Crippen LogP contribution in [-0.2, 0) is 6.18 Å². The van der Waals surface area contributed by atoms with E-state index in [4.69, 9.17) is 0 Å². The maximum atomic E-state index is 12.4. The largest absolute Gasteiger partial charge is 0.433 e. The number of rotatable bonds is 0. The lowest BCUT2D eigenvalue weighted by Gasteiger charge is -2.05. The minimum Gasteiger partial charge on any atom is -0.296 e. The smallest absolute Gasteiger partial charge is 0.296 e. The molecule has 0 aliphatic rings. The number of halogens is 3. The van der Waals surface area contributed by atoms with Crippen LogP contribution in [0.3, 0.4) is 0 Å². The van der Waals surface area contributed by atoms with E-state index in [-0.39, 0.29) is 0 Å². The molecule has 0 amide bonds. The first kappa shape index (κ1) is 9.05. The van der Waals surface area contributed by atoms with E-state index in [1.165, 1.54) is 6.20 Å². The van der Waals surface area contributed by atoms with Crippen LogP contribution in [0.15, 0.2) is 24.5 Å². The van der Waals surface area contributed by atoms with Crippen LogP contribution in [0.5, 0.6) is 0 Å². The molecule has 0 aliphatic carbocycles. The van der Waals surface area contributed by atoms with E-state index >= 15 is 0 Å². The molecule has 0 saturated carbocycles. The Morgan fingerprint density at radius 1 is 1.36 bits per heavy atom. The van der Waals surface area contributed by atoms with E-state index in [0.29, 0.717) is 5.65 Å². The number of aromatic nitrogens is 2. The number of hydrogen-bond donors (Lipinski definition) is 0. The van der Waals surface area contributed by atoms with Gasteiger partial charge in [-0.25, -0.2) is 4.98 Å². The van der Waals surface area contributed by atoms with Crippen molar-refractivity contribution in [2.75, 3.05) is 0 Å². The van der Waals surface area contributed by atoms with E-state index in [9.17, 15) is 13.2 Å². The molecule has 0 N–H and O–H groups in total. The Kier molecular flexibility index (Phi) is 1.77. The first-order valence-corrected chi connectivity index (χ1v) is 4.00. The summed E-state index contributed by atoms with van der Waals surface area (Å²) in [4.78, 5) is 3.73. The van der Waals surface area contributed by atoms with E-state index in [0.717, 1.165) is 16.2 Å². The fraction of sp³-hybridized carbons (Fsp3) is 0.222. The molecule has 14 heavy (non-hydrogen) atoms. The minimum atomic E-state index is -4.35. The van der Waals surface area contributed by atoms with Crippen molar-refractivity contribution in [3.05, 3.63) is 35.8 Å². The molecule has 0 aliphatic heterocycles. The zero-order chi connectivity index (χ0) is 10.3. The maximum absolute atomic E-state index is 12.4. The van der Waals surface area contributed by atoms with Crippen LogP contribution in [0.1, 0.15) is 11.3 Å². The molecular weight excluding hydrogens is 193 g/mol. The van der Waals surface area contributed by atoms with Gasteiger partial charge in [0.05, 0.1) is 6.20 Å². The molecule has 0 bridgehead atoms. The predicted molar refractivity (Wildman–Crippen MR) is 44.9 cm³/mol. The van der Waals surface area contributed by atoms with Gasteiger partial charge < -0.3 is 0 Å². The summed E-state index contributed by atoms with van der Waals surface area (Å²) >= 11 is 0. The van der Waals surface area contributed by atoms with Crippen LogP contribution in [0.2, 0.25) is 0 Å². The molecule has 2 nitrogen and oxygen atoms in total. The lowest BCUT2D eigenvalue weighted by atomic mass is 10.3. The molecule has 2 aromatic rings. The summed E-state index contributed by atoms with van der Waals surface area (Å²) in [6, 6.07) is 3.29. The Labute approximate surface area is 78.0 Å². The molecule has 74 valence electrons. The van der Waals surface area contributed by atoms with Crippen LogP contribution in [0.25, 0.3) is 5.65 Å². The van der Waals surface area contributed by atoms with E-state index in [1.54, 1.807) is 19.1 Å². The van der Waals surface area contributed by atoms with Gasteiger partial charge in [0, 0.05) is 6.20 Å². The minimum absolute atomic E-state index is 0.347. The average Bonchev–Trinajstić information content (AvgIpc) is 2.47. The number of aryl methyl sites for hydroxylation is 1. The molecule has 0 aromatic carbocycles. The fourth-order valence-corrected chi connectivity index (χ4v) is 1.36. The number of pyridine rings is 1. The van der Waals surface area contributed by atoms with Crippen LogP contribution >= 0.6 is 0 Å². The lowest BCUT2D eigenvalue weighted by Crippen LogP contribution is -2.08. The Morgan fingerprint density at radius 3 is 2.71 bits per heavy atom. The topological polar surface area (TPSA) is 17.3 Å². The third-order valence-corrected chi connectivity index (χ3v) is 2.02. The van der Waals surface area contributed by atoms with Gasteiger partial charge in [0.25, 0.3) is 0 Å². The van der Waals surface area contributed by atoms with Gasteiger partial charge in [0.2, 0.25) is 0 Å². The molecule has 5 heteroatoms. The molecule has 2 rings (SSSR count). The van der Waals surface area contributed by atoms with Crippen molar-refractivity contribution >= 4 is 5.65 Å². The number of nitrogens with zero attached hydrogens (tertiary/aromatic N) is 2. The highest BCUT2D eigenvalue weighted by Crippen LogP contribution is 2.29. The highest BCUT2D eigenvalue weighted by molar-refractivity contribution is 5.48. The van der Waals surface area contributed by atoms with Crippen molar-refractivity contribution in [3.8, 4) is 0 Å². The van der Waals surface area contributed by atoms with E-state index < -0.39 is 11.9 Å². The SMILES string of the molecule is Cc1cccn2c(C(F)(F)F)cnc12. The summed E-state index contributed by atoms with van der Waals surface area (Å²) in [6.07, 6.45) is -2.15. The second kappa shape index (κ2) is 2.73. The third kappa shape index (κ3) is 1.25. The van der Waals surface area contributed by atoms with Gasteiger partial charge in [-0.05, 0) is 18.6 Å². The molecule has 0 radical (unpaired) electrons. The summed E-state index contributed by atoms with van der Waals surface area (Å²) in [5, 5.41) is 0. The van der Waals surface area contributed by atoms with E-state index in [2.05, 4.69) is 4.98 Å². The van der Waals surface area contributed by atoms with Gasteiger partial charge >= 0.3 is 6.18 Å². The van der Waals surface area contributed by atoms with Gasteiger partial charge in [-0.15, -0.1) is 0 Å². The standard InChI is InChI=1S/C9H7F3N2/c1-6-3-2-4-14-7(9(10,11)12)5-13-8(6)14/h2-5H,1H3. The van der Waals surface area contributed by atoms with Crippen molar-refractivity contribution in [2.24, 2.45) is 0 Å². The van der Waals surface area contributed by atoms with Gasteiger partial charge in [0.1, 0.15) is 11.3 Å². The number of alkyl halides is 3.